The number of nitrogens with one attached hydrogen (secondary N) is 2. The first-order chi connectivity index (χ1) is 10.9. The van der Waals surface area contributed by atoms with Crippen LogP contribution in [0, 0.1) is 0 Å². The van der Waals surface area contributed by atoms with Crippen molar-refractivity contribution in [1.82, 2.24) is 4.98 Å². The summed E-state index contributed by atoms with van der Waals surface area (Å²) in [5.41, 5.74) is 0.0286. The van der Waals surface area contributed by atoms with Crippen LogP contribution in [0.5, 0.6) is 0 Å². The number of hydrogen-bond acceptors (Lipinski definition) is 1. The van der Waals surface area contributed by atoms with Gasteiger partial charge in [0.1, 0.15) is 0 Å². The fourth-order valence-corrected chi connectivity index (χ4v) is 2.63. The number of H-pyrrole nitrogens is 1. The highest BCUT2D eigenvalue weighted by Gasteiger charge is 2.34. The molecule has 0 saturated heterocycles. The van der Waals surface area contributed by atoms with E-state index >= 15 is 0 Å². The summed E-state index contributed by atoms with van der Waals surface area (Å²) in [7, 11) is 0. The van der Waals surface area contributed by atoms with Crippen LogP contribution in [0.2, 0.25) is 5.02 Å². The number of carbonyl (C=O) groups excluding carboxylic acids is 1. The molecule has 0 unspecified atom stereocenters. The summed E-state index contributed by atoms with van der Waals surface area (Å²) in [4.78, 5) is 15.3. The van der Waals surface area contributed by atoms with Gasteiger partial charge in [0.2, 0.25) is 0 Å². The zero-order valence-electron chi connectivity index (χ0n) is 11.5. The highest BCUT2D eigenvalue weighted by atomic mass is 35.5. The Kier molecular flexibility index (Phi) is 3.77. The molecule has 0 fully saturated rings. The van der Waals surface area contributed by atoms with Gasteiger partial charge in [0, 0.05) is 17.1 Å². The molecule has 118 valence electrons. The Hall–Kier alpha value is -2.47. The van der Waals surface area contributed by atoms with Crippen molar-refractivity contribution < 1.29 is 18.0 Å². The van der Waals surface area contributed by atoms with E-state index in [-0.39, 0.29) is 5.56 Å². The van der Waals surface area contributed by atoms with Crippen molar-refractivity contribution in [3.05, 3.63) is 64.8 Å². The lowest BCUT2D eigenvalue weighted by atomic mass is 10.1. The van der Waals surface area contributed by atoms with E-state index < -0.39 is 22.7 Å². The molecule has 0 saturated carbocycles. The Labute approximate surface area is 134 Å². The van der Waals surface area contributed by atoms with Gasteiger partial charge in [-0.1, -0.05) is 23.7 Å². The quantitative estimate of drug-likeness (QED) is 0.671. The average Bonchev–Trinajstić information content (AvgIpc) is 2.95. The van der Waals surface area contributed by atoms with Gasteiger partial charge in [0.25, 0.3) is 5.91 Å². The molecule has 23 heavy (non-hydrogen) atoms. The second-order valence-electron chi connectivity index (χ2n) is 4.86. The van der Waals surface area contributed by atoms with E-state index in [2.05, 4.69) is 10.3 Å². The van der Waals surface area contributed by atoms with Crippen LogP contribution in [0.3, 0.4) is 0 Å². The highest BCUT2D eigenvalue weighted by Crippen LogP contribution is 2.36. The summed E-state index contributed by atoms with van der Waals surface area (Å²) in [6.07, 6.45) is -2.91. The molecule has 0 aliphatic heterocycles. The minimum Gasteiger partial charge on any atom is -0.361 e. The first-order valence-corrected chi connectivity index (χ1v) is 6.99. The third kappa shape index (κ3) is 2.90. The number of aromatic amines is 1. The fourth-order valence-electron chi connectivity index (χ4n) is 2.31. The minimum absolute atomic E-state index is 0.228. The molecule has 1 heterocycles. The standard InChI is InChI=1S/C16H10ClF3N2O/c17-14-10(3-1-4-11(14)16(18,19)20)15(23)22-13-6-2-5-12-9(13)7-8-21-12/h1-8,21H,(H,22,23). The summed E-state index contributed by atoms with van der Waals surface area (Å²) in [5.74, 6) is -0.699. The van der Waals surface area contributed by atoms with Crippen LogP contribution in [-0.4, -0.2) is 10.9 Å². The summed E-state index contributed by atoms with van der Waals surface area (Å²) < 4.78 is 38.6. The molecule has 2 N–H and O–H groups in total. The Morgan fingerprint density at radius 3 is 2.57 bits per heavy atom. The number of rotatable bonds is 2. The van der Waals surface area contributed by atoms with Crippen LogP contribution in [-0.2, 0) is 6.18 Å². The van der Waals surface area contributed by atoms with E-state index in [0.717, 1.165) is 23.0 Å². The molecule has 1 aromatic heterocycles. The molecule has 2 aromatic carbocycles. The summed E-state index contributed by atoms with van der Waals surface area (Å²) in [6, 6.07) is 10.2. The first-order valence-electron chi connectivity index (χ1n) is 6.61. The smallest absolute Gasteiger partial charge is 0.361 e. The Morgan fingerprint density at radius 2 is 1.83 bits per heavy atom. The minimum atomic E-state index is -4.62. The van der Waals surface area contributed by atoms with Crippen molar-refractivity contribution in [2.45, 2.75) is 6.18 Å². The van der Waals surface area contributed by atoms with E-state index in [1.165, 1.54) is 6.07 Å². The fraction of sp³-hybridized carbons (Fsp3) is 0.0625. The molecule has 0 aliphatic carbocycles. The van der Waals surface area contributed by atoms with Gasteiger partial charge < -0.3 is 10.3 Å². The second kappa shape index (κ2) is 5.62. The zero-order chi connectivity index (χ0) is 16.6. The van der Waals surface area contributed by atoms with Crippen molar-refractivity contribution in [2.75, 3.05) is 5.32 Å². The molecule has 3 aromatic rings. The SMILES string of the molecule is O=C(Nc1cccc2[nH]ccc12)c1cccc(C(F)(F)F)c1Cl. The van der Waals surface area contributed by atoms with Crippen LogP contribution in [0.1, 0.15) is 15.9 Å². The lowest BCUT2D eigenvalue weighted by Gasteiger charge is -2.12. The molecule has 0 bridgehead atoms. The van der Waals surface area contributed by atoms with E-state index in [1.54, 1.807) is 24.4 Å². The molecule has 1 amide bonds. The third-order valence-electron chi connectivity index (χ3n) is 3.39. The van der Waals surface area contributed by atoms with Gasteiger partial charge in [-0.15, -0.1) is 0 Å². The third-order valence-corrected chi connectivity index (χ3v) is 3.80. The number of benzene rings is 2. The van der Waals surface area contributed by atoms with Crippen LogP contribution >= 0.6 is 11.6 Å². The topological polar surface area (TPSA) is 44.9 Å². The maximum absolute atomic E-state index is 12.9. The Morgan fingerprint density at radius 1 is 1.09 bits per heavy atom. The molecule has 3 nitrogen and oxygen atoms in total. The maximum Gasteiger partial charge on any atom is 0.417 e. The van der Waals surface area contributed by atoms with Gasteiger partial charge in [0.05, 0.1) is 21.8 Å². The zero-order valence-corrected chi connectivity index (χ0v) is 12.3. The number of aromatic nitrogens is 1. The van der Waals surface area contributed by atoms with Gasteiger partial charge in [-0.05, 0) is 30.3 Å². The molecular formula is C16H10ClF3N2O. The Balaban J connectivity index is 1.97. The molecule has 0 radical (unpaired) electrons. The molecular weight excluding hydrogens is 329 g/mol. The largest absolute Gasteiger partial charge is 0.417 e. The number of alkyl halides is 3. The number of carbonyl (C=O) groups is 1. The monoisotopic (exact) mass is 338 g/mol. The van der Waals surface area contributed by atoms with Gasteiger partial charge in [0.15, 0.2) is 0 Å². The van der Waals surface area contributed by atoms with Gasteiger partial charge in [-0.3, -0.25) is 4.79 Å². The van der Waals surface area contributed by atoms with Crippen molar-refractivity contribution in [1.29, 1.82) is 0 Å². The number of amides is 1. The van der Waals surface area contributed by atoms with E-state index in [4.69, 9.17) is 11.6 Å². The van der Waals surface area contributed by atoms with Crippen LogP contribution in [0.25, 0.3) is 10.9 Å². The molecule has 0 atom stereocenters. The first kappa shape index (κ1) is 15.4. The molecule has 3 rings (SSSR count). The lowest BCUT2D eigenvalue weighted by Crippen LogP contribution is -2.15. The van der Waals surface area contributed by atoms with Gasteiger partial charge in [-0.2, -0.15) is 13.2 Å². The summed E-state index contributed by atoms with van der Waals surface area (Å²) >= 11 is 5.76. The van der Waals surface area contributed by atoms with Crippen molar-refractivity contribution >= 4 is 34.1 Å². The number of hydrogen-bond donors (Lipinski definition) is 2. The predicted molar refractivity (Wildman–Crippen MR) is 82.7 cm³/mol. The normalized spacial score (nSPS) is 11.7. The van der Waals surface area contributed by atoms with E-state index in [9.17, 15) is 18.0 Å². The number of fused-ring (bicyclic) bond motifs is 1. The average molecular weight is 339 g/mol. The predicted octanol–water partition coefficient (Wildman–Crippen LogP) is 5.09. The molecule has 0 spiro atoms. The second-order valence-corrected chi connectivity index (χ2v) is 5.24. The van der Waals surface area contributed by atoms with Gasteiger partial charge in [-0.25, -0.2) is 0 Å². The number of anilines is 1. The van der Waals surface area contributed by atoms with E-state index in [1.807, 2.05) is 6.07 Å². The maximum atomic E-state index is 12.9. The molecule has 7 heteroatoms. The van der Waals surface area contributed by atoms with Crippen LogP contribution in [0.4, 0.5) is 18.9 Å². The van der Waals surface area contributed by atoms with Gasteiger partial charge >= 0.3 is 6.18 Å². The van der Waals surface area contributed by atoms with Crippen molar-refractivity contribution in [3.63, 3.8) is 0 Å². The van der Waals surface area contributed by atoms with E-state index in [0.29, 0.717) is 5.69 Å². The summed E-state index contributed by atoms with van der Waals surface area (Å²) in [6.45, 7) is 0. The Bertz CT molecular complexity index is 886. The summed E-state index contributed by atoms with van der Waals surface area (Å²) in [5, 5.41) is 2.74. The number of halogens is 4. The highest BCUT2D eigenvalue weighted by molar-refractivity contribution is 6.35. The molecule has 0 aliphatic rings. The van der Waals surface area contributed by atoms with Crippen LogP contribution in [0.15, 0.2) is 48.7 Å². The van der Waals surface area contributed by atoms with Crippen LogP contribution < -0.4 is 5.32 Å². The van der Waals surface area contributed by atoms with Crippen molar-refractivity contribution in [2.24, 2.45) is 0 Å². The lowest BCUT2D eigenvalue weighted by molar-refractivity contribution is -0.137. The van der Waals surface area contributed by atoms with Crippen molar-refractivity contribution in [3.8, 4) is 0 Å².